The van der Waals surface area contributed by atoms with Crippen molar-refractivity contribution in [2.45, 2.75) is 18.8 Å². The van der Waals surface area contributed by atoms with E-state index < -0.39 is 18.3 Å². The zero-order chi connectivity index (χ0) is 18.9. The van der Waals surface area contributed by atoms with E-state index in [-0.39, 0.29) is 29.8 Å². The third-order valence-corrected chi connectivity index (χ3v) is 3.76. The van der Waals surface area contributed by atoms with Crippen LogP contribution in [0.25, 0.3) is 0 Å². The molecule has 2 aromatic rings. The van der Waals surface area contributed by atoms with Crippen molar-refractivity contribution in [3.8, 4) is 0 Å². The van der Waals surface area contributed by atoms with Crippen molar-refractivity contribution in [3.05, 3.63) is 70.8 Å². The van der Waals surface area contributed by atoms with Crippen molar-refractivity contribution >= 4 is 18.7 Å². The minimum atomic E-state index is -1.52. The Morgan fingerprint density at radius 1 is 1.00 bits per heavy atom. The number of benzene rings is 2. The number of alkyl carbamates (subject to hydrolysis) is 1. The zero-order valence-electron chi connectivity index (χ0n) is 13.9. The Labute approximate surface area is 150 Å². The lowest BCUT2D eigenvalue weighted by Gasteiger charge is -2.21. The van der Waals surface area contributed by atoms with E-state index >= 15 is 0 Å². The predicted octanol–water partition coefficient (Wildman–Crippen LogP) is 1.63. The fourth-order valence-electron chi connectivity index (χ4n) is 2.41. The summed E-state index contributed by atoms with van der Waals surface area (Å²) in [5, 5.41) is 22.7. The fourth-order valence-corrected chi connectivity index (χ4v) is 2.41. The molecule has 1 amide bonds. The SMILES string of the molecule is O=Cc1cccc(C=O)c1C(O)C(O)CNC(=O)OCc1ccccc1. The minimum Gasteiger partial charge on any atom is -0.445 e. The van der Waals surface area contributed by atoms with Gasteiger partial charge in [0.05, 0.1) is 0 Å². The molecule has 0 fully saturated rings. The van der Waals surface area contributed by atoms with Crippen LogP contribution in [0.5, 0.6) is 0 Å². The highest BCUT2D eigenvalue weighted by molar-refractivity contribution is 5.86. The summed E-state index contributed by atoms with van der Waals surface area (Å²) in [6.07, 6.45) is -2.75. The first kappa shape index (κ1) is 19.3. The number of nitrogens with one attached hydrogen (secondary N) is 1. The quantitative estimate of drug-likeness (QED) is 0.619. The molecule has 7 heteroatoms. The van der Waals surface area contributed by atoms with Crippen molar-refractivity contribution in [3.63, 3.8) is 0 Å². The molecule has 0 saturated heterocycles. The molecular formula is C19H19NO6. The molecule has 136 valence electrons. The lowest BCUT2D eigenvalue weighted by Crippen LogP contribution is -2.36. The normalized spacial score (nSPS) is 12.7. The van der Waals surface area contributed by atoms with Crippen LogP contribution in [0.4, 0.5) is 4.79 Å². The Bertz CT molecular complexity index is 736. The molecule has 0 radical (unpaired) electrons. The number of amides is 1. The Hall–Kier alpha value is -3.03. The van der Waals surface area contributed by atoms with E-state index in [1.165, 1.54) is 18.2 Å². The number of aliphatic hydroxyl groups is 2. The highest BCUT2D eigenvalue weighted by Crippen LogP contribution is 2.23. The second-order valence-corrected chi connectivity index (χ2v) is 5.54. The van der Waals surface area contributed by atoms with E-state index in [2.05, 4.69) is 5.32 Å². The second-order valence-electron chi connectivity index (χ2n) is 5.54. The number of carbonyl (C=O) groups is 3. The molecule has 0 aliphatic carbocycles. The van der Waals surface area contributed by atoms with Gasteiger partial charge in [-0.1, -0.05) is 48.5 Å². The standard InChI is InChI=1S/C19H19NO6/c21-10-14-7-4-8-15(11-22)17(14)18(24)16(23)9-20-19(25)26-12-13-5-2-1-3-6-13/h1-8,10-11,16,18,23-24H,9,12H2,(H,20,25). The van der Waals surface area contributed by atoms with E-state index in [0.29, 0.717) is 12.6 Å². The summed E-state index contributed by atoms with van der Waals surface area (Å²) in [6.45, 7) is -0.255. The average molecular weight is 357 g/mol. The van der Waals surface area contributed by atoms with Crippen molar-refractivity contribution in [2.75, 3.05) is 6.54 Å². The third kappa shape index (κ3) is 4.98. The number of hydrogen-bond acceptors (Lipinski definition) is 6. The van der Waals surface area contributed by atoms with Crippen LogP contribution in [0.3, 0.4) is 0 Å². The third-order valence-electron chi connectivity index (χ3n) is 3.76. The number of rotatable bonds is 8. The van der Waals surface area contributed by atoms with Gasteiger partial charge < -0.3 is 20.3 Å². The molecule has 0 aromatic heterocycles. The number of hydrogen-bond donors (Lipinski definition) is 3. The van der Waals surface area contributed by atoms with Crippen LogP contribution in [-0.2, 0) is 11.3 Å². The molecule has 0 spiro atoms. The van der Waals surface area contributed by atoms with E-state index in [1.54, 1.807) is 12.1 Å². The van der Waals surface area contributed by atoms with Gasteiger partial charge in [-0.25, -0.2) is 4.79 Å². The highest BCUT2D eigenvalue weighted by atomic mass is 16.5. The van der Waals surface area contributed by atoms with Gasteiger partial charge >= 0.3 is 6.09 Å². The Kier molecular flexibility index (Phi) is 7.02. The molecule has 0 saturated carbocycles. The van der Waals surface area contributed by atoms with Crippen molar-refractivity contribution in [1.29, 1.82) is 0 Å². The monoisotopic (exact) mass is 357 g/mol. The van der Waals surface area contributed by atoms with Gasteiger partial charge in [-0.15, -0.1) is 0 Å². The first-order chi connectivity index (χ1) is 12.6. The fraction of sp³-hybridized carbons (Fsp3) is 0.211. The van der Waals surface area contributed by atoms with Crippen LogP contribution in [0, 0.1) is 0 Å². The molecule has 2 atom stereocenters. The number of aliphatic hydroxyl groups excluding tert-OH is 2. The zero-order valence-corrected chi connectivity index (χ0v) is 13.9. The molecule has 0 bridgehead atoms. The lowest BCUT2D eigenvalue weighted by molar-refractivity contribution is 0.0177. The maximum atomic E-state index is 11.7. The summed E-state index contributed by atoms with van der Waals surface area (Å²) in [5.74, 6) is 0. The summed E-state index contributed by atoms with van der Waals surface area (Å²) in [6, 6.07) is 13.4. The van der Waals surface area contributed by atoms with Crippen LogP contribution >= 0.6 is 0 Å². The van der Waals surface area contributed by atoms with E-state index in [4.69, 9.17) is 4.74 Å². The number of ether oxygens (including phenoxy) is 1. The molecule has 26 heavy (non-hydrogen) atoms. The maximum absolute atomic E-state index is 11.7. The summed E-state index contributed by atoms with van der Waals surface area (Å²) >= 11 is 0. The first-order valence-electron chi connectivity index (χ1n) is 7.90. The molecule has 7 nitrogen and oxygen atoms in total. The van der Waals surface area contributed by atoms with Gasteiger partial charge in [0.1, 0.15) is 31.4 Å². The van der Waals surface area contributed by atoms with Gasteiger partial charge in [-0.2, -0.15) is 0 Å². The smallest absolute Gasteiger partial charge is 0.407 e. The Morgan fingerprint density at radius 3 is 2.19 bits per heavy atom. The average Bonchev–Trinajstić information content (AvgIpc) is 2.69. The van der Waals surface area contributed by atoms with Crippen molar-refractivity contribution in [2.24, 2.45) is 0 Å². The summed E-state index contributed by atoms with van der Waals surface area (Å²) in [4.78, 5) is 33.9. The Balaban J connectivity index is 1.93. The van der Waals surface area contributed by atoms with Crippen LogP contribution in [-0.4, -0.2) is 41.5 Å². The van der Waals surface area contributed by atoms with Gasteiger partial charge in [0.25, 0.3) is 0 Å². The molecule has 2 unspecified atom stereocenters. The number of carbonyl (C=O) groups excluding carboxylic acids is 3. The van der Waals surface area contributed by atoms with E-state index in [9.17, 15) is 24.6 Å². The van der Waals surface area contributed by atoms with Gasteiger partial charge in [0.2, 0.25) is 0 Å². The molecule has 3 N–H and O–H groups in total. The summed E-state index contributed by atoms with van der Waals surface area (Å²) < 4.78 is 5.00. The molecule has 0 aliphatic rings. The van der Waals surface area contributed by atoms with Crippen LogP contribution < -0.4 is 5.32 Å². The van der Waals surface area contributed by atoms with Gasteiger partial charge in [-0.05, 0) is 5.56 Å². The van der Waals surface area contributed by atoms with Crippen molar-refractivity contribution < 1.29 is 29.3 Å². The highest BCUT2D eigenvalue weighted by Gasteiger charge is 2.24. The maximum Gasteiger partial charge on any atom is 0.407 e. The molecule has 0 aliphatic heterocycles. The van der Waals surface area contributed by atoms with Gasteiger partial charge in [-0.3, -0.25) is 9.59 Å². The minimum absolute atomic E-state index is 0.0180. The second kappa shape index (κ2) is 9.45. The summed E-state index contributed by atoms with van der Waals surface area (Å²) in [7, 11) is 0. The topological polar surface area (TPSA) is 113 Å². The van der Waals surface area contributed by atoms with Crippen LogP contribution in [0.2, 0.25) is 0 Å². The molecular weight excluding hydrogens is 338 g/mol. The van der Waals surface area contributed by atoms with Gasteiger partial charge in [0.15, 0.2) is 0 Å². The largest absolute Gasteiger partial charge is 0.445 e. The lowest BCUT2D eigenvalue weighted by atomic mass is 9.94. The van der Waals surface area contributed by atoms with Crippen LogP contribution in [0.1, 0.15) is 37.9 Å². The van der Waals surface area contributed by atoms with Crippen molar-refractivity contribution in [1.82, 2.24) is 5.32 Å². The molecule has 2 rings (SSSR count). The number of aldehydes is 2. The summed E-state index contributed by atoms with van der Waals surface area (Å²) in [5.41, 5.74) is 1.00. The van der Waals surface area contributed by atoms with Gasteiger partial charge in [0, 0.05) is 23.2 Å². The first-order valence-corrected chi connectivity index (χ1v) is 7.90. The molecule has 0 heterocycles. The molecule has 2 aromatic carbocycles. The Morgan fingerprint density at radius 2 is 1.62 bits per heavy atom. The van der Waals surface area contributed by atoms with E-state index in [0.717, 1.165) is 5.56 Å². The van der Waals surface area contributed by atoms with E-state index in [1.807, 2.05) is 18.2 Å². The predicted molar refractivity (Wildman–Crippen MR) is 92.8 cm³/mol. The van der Waals surface area contributed by atoms with Crippen LogP contribution in [0.15, 0.2) is 48.5 Å².